The molecule has 1 aliphatic heterocycles. The maximum atomic E-state index is 11.5. The van der Waals surface area contributed by atoms with E-state index in [2.05, 4.69) is 41.3 Å². The van der Waals surface area contributed by atoms with Crippen LogP contribution in [-0.2, 0) is 4.79 Å². The average molecular weight is 282 g/mol. The molecule has 20 heavy (non-hydrogen) atoms. The van der Waals surface area contributed by atoms with Crippen LogP contribution in [-0.4, -0.2) is 49.5 Å². The van der Waals surface area contributed by atoms with E-state index in [1.807, 2.05) is 6.92 Å². The van der Waals surface area contributed by atoms with Gasteiger partial charge in [-0.25, -0.2) is 4.99 Å². The molecular formula is C15H30N4O. The lowest BCUT2D eigenvalue weighted by Gasteiger charge is -2.22. The number of nitrogens with one attached hydrogen (secondary N) is 2. The molecular weight excluding hydrogens is 252 g/mol. The van der Waals surface area contributed by atoms with Crippen LogP contribution in [0.25, 0.3) is 0 Å². The Morgan fingerprint density at radius 2 is 2.00 bits per heavy atom. The maximum Gasteiger partial charge on any atom is 0.241 e. The van der Waals surface area contributed by atoms with Crippen molar-refractivity contribution in [3.8, 4) is 0 Å². The molecule has 0 aliphatic carbocycles. The fourth-order valence-corrected chi connectivity index (χ4v) is 2.71. The first-order valence-electron chi connectivity index (χ1n) is 7.86. The van der Waals surface area contributed by atoms with Crippen molar-refractivity contribution >= 4 is 11.9 Å². The Morgan fingerprint density at radius 3 is 2.60 bits per heavy atom. The summed E-state index contributed by atoms with van der Waals surface area (Å²) >= 11 is 0. The minimum Gasteiger partial charge on any atom is -0.357 e. The van der Waals surface area contributed by atoms with Crippen LogP contribution in [0.4, 0.5) is 0 Å². The number of amides is 1. The number of hydrogen-bond acceptors (Lipinski definition) is 2. The highest BCUT2D eigenvalue weighted by Crippen LogP contribution is 2.23. The van der Waals surface area contributed by atoms with E-state index in [9.17, 15) is 4.79 Å². The molecule has 0 bridgehead atoms. The summed E-state index contributed by atoms with van der Waals surface area (Å²) in [4.78, 5) is 18.2. The second-order valence-corrected chi connectivity index (χ2v) is 5.85. The summed E-state index contributed by atoms with van der Waals surface area (Å²) in [5.41, 5.74) is 0. The predicted octanol–water partition coefficient (Wildman–Crippen LogP) is 1.46. The molecule has 1 rings (SSSR count). The molecule has 5 heteroatoms. The van der Waals surface area contributed by atoms with Gasteiger partial charge in [0.05, 0.1) is 0 Å². The van der Waals surface area contributed by atoms with Crippen molar-refractivity contribution in [1.82, 2.24) is 15.5 Å². The van der Waals surface area contributed by atoms with E-state index >= 15 is 0 Å². The number of nitrogens with zero attached hydrogens (tertiary/aromatic N) is 2. The van der Waals surface area contributed by atoms with Crippen molar-refractivity contribution in [3.05, 3.63) is 0 Å². The number of hydrogen-bond donors (Lipinski definition) is 2. The molecule has 1 fully saturated rings. The van der Waals surface area contributed by atoms with Crippen LogP contribution in [0.5, 0.6) is 0 Å². The molecule has 0 aromatic rings. The second-order valence-electron chi connectivity index (χ2n) is 5.85. The van der Waals surface area contributed by atoms with Crippen molar-refractivity contribution in [3.63, 3.8) is 0 Å². The quantitative estimate of drug-likeness (QED) is 0.573. The molecule has 1 heterocycles. The molecule has 116 valence electrons. The Hall–Kier alpha value is -1.26. The Morgan fingerprint density at radius 1 is 1.30 bits per heavy atom. The molecule has 1 atom stereocenters. The average Bonchev–Trinajstić information content (AvgIpc) is 2.82. The van der Waals surface area contributed by atoms with E-state index in [0.717, 1.165) is 37.4 Å². The first-order chi connectivity index (χ1) is 9.56. The lowest BCUT2D eigenvalue weighted by atomic mass is 9.97. The van der Waals surface area contributed by atoms with Gasteiger partial charge in [-0.15, -0.1) is 0 Å². The van der Waals surface area contributed by atoms with Gasteiger partial charge in [-0.1, -0.05) is 13.8 Å². The molecule has 1 saturated heterocycles. The Bertz CT molecular complexity index is 328. The summed E-state index contributed by atoms with van der Waals surface area (Å²) in [5, 5.41) is 6.07. The van der Waals surface area contributed by atoms with Crippen molar-refractivity contribution in [2.45, 2.75) is 40.5 Å². The van der Waals surface area contributed by atoms with Crippen LogP contribution in [0, 0.1) is 11.8 Å². The highest BCUT2D eigenvalue weighted by molar-refractivity contribution is 5.85. The maximum absolute atomic E-state index is 11.5. The lowest BCUT2D eigenvalue weighted by molar-refractivity contribution is -0.119. The summed E-state index contributed by atoms with van der Waals surface area (Å²) in [7, 11) is 0. The van der Waals surface area contributed by atoms with Gasteiger partial charge >= 0.3 is 0 Å². The number of carbonyl (C=O) groups excluding carboxylic acids is 1. The molecule has 5 nitrogen and oxygen atoms in total. The minimum absolute atomic E-state index is 0.0131. The summed E-state index contributed by atoms with van der Waals surface area (Å²) in [6.45, 7) is 12.3. The Kier molecular flexibility index (Phi) is 7.41. The molecule has 0 saturated carbocycles. The summed E-state index contributed by atoms with van der Waals surface area (Å²) in [5.74, 6) is 2.36. The molecule has 1 unspecified atom stereocenters. The van der Waals surface area contributed by atoms with E-state index in [1.165, 1.54) is 12.8 Å². The fraction of sp³-hybridized carbons (Fsp3) is 0.867. The largest absolute Gasteiger partial charge is 0.357 e. The molecule has 0 aromatic carbocycles. The van der Waals surface area contributed by atoms with E-state index in [1.54, 1.807) is 0 Å². The zero-order valence-corrected chi connectivity index (χ0v) is 13.4. The monoisotopic (exact) mass is 282 g/mol. The summed E-state index contributed by atoms with van der Waals surface area (Å²) < 4.78 is 0. The number of likely N-dealkylation sites (N-methyl/N-ethyl adjacent to an activating group) is 1. The van der Waals surface area contributed by atoms with Crippen LogP contribution < -0.4 is 10.6 Å². The molecule has 1 amide bonds. The van der Waals surface area contributed by atoms with Gasteiger partial charge in [0.15, 0.2) is 5.96 Å². The van der Waals surface area contributed by atoms with Crippen molar-refractivity contribution in [2.24, 2.45) is 16.8 Å². The zero-order valence-electron chi connectivity index (χ0n) is 13.4. The SMILES string of the molecule is CCNC(=O)CN=C(NCC)N1CCC(CC(C)C)C1. The number of guanidine groups is 1. The van der Waals surface area contributed by atoms with Gasteiger partial charge in [0.1, 0.15) is 6.54 Å². The van der Waals surface area contributed by atoms with Crippen LogP contribution in [0.1, 0.15) is 40.5 Å². The zero-order chi connectivity index (χ0) is 15.0. The Balaban J connectivity index is 2.53. The molecule has 1 aliphatic rings. The standard InChI is InChI=1S/C15H30N4O/c1-5-16-14(20)10-18-15(17-6-2)19-8-7-13(11-19)9-12(3)4/h12-13H,5-11H2,1-4H3,(H,16,20)(H,17,18). The van der Waals surface area contributed by atoms with Crippen molar-refractivity contribution in [1.29, 1.82) is 0 Å². The third-order valence-electron chi connectivity index (χ3n) is 3.47. The van der Waals surface area contributed by atoms with E-state index in [0.29, 0.717) is 6.54 Å². The van der Waals surface area contributed by atoms with Crippen LogP contribution in [0.2, 0.25) is 0 Å². The van der Waals surface area contributed by atoms with E-state index in [-0.39, 0.29) is 12.5 Å². The number of likely N-dealkylation sites (tertiary alicyclic amines) is 1. The highest BCUT2D eigenvalue weighted by Gasteiger charge is 2.25. The van der Waals surface area contributed by atoms with Gasteiger partial charge in [0.25, 0.3) is 0 Å². The predicted molar refractivity (Wildman–Crippen MR) is 83.8 cm³/mol. The van der Waals surface area contributed by atoms with Crippen LogP contribution >= 0.6 is 0 Å². The second kappa shape index (κ2) is 8.82. The molecule has 0 aromatic heterocycles. The first-order valence-corrected chi connectivity index (χ1v) is 7.86. The van der Waals surface area contributed by atoms with Crippen molar-refractivity contribution < 1.29 is 4.79 Å². The number of aliphatic imine (C=N–C) groups is 1. The van der Waals surface area contributed by atoms with Gasteiger partial charge < -0.3 is 15.5 Å². The van der Waals surface area contributed by atoms with Crippen LogP contribution in [0.15, 0.2) is 4.99 Å². The Labute approximate surface area is 123 Å². The van der Waals surface area contributed by atoms with Gasteiger partial charge in [0.2, 0.25) is 5.91 Å². The molecule has 0 spiro atoms. The smallest absolute Gasteiger partial charge is 0.241 e. The first kappa shape index (κ1) is 16.8. The topological polar surface area (TPSA) is 56.7 Å². The van der Waals surface area contributed by atoms with Crippen molar-refractivity contribution in [2.75, 3.05) is 32.7 Å². The fourth-order valence-electron chi connectivity index (χ4n) is 2.71. The third-order valence-corrected chi connectivity index (χ3v) is 3.47. The molecule has 2 N–H and O–H groups in total. The minimum atomic E-state index is -0.0131. The third kappa shape index (κ3) is 5.80. The normalized spacial score (nSPS) is 19.6. The number of rotatable bonds is 6. The van der Waals surface area contributed by atoms with Crippen LogP contribution in [0.3, 0.4) is 0 Å². The summed E-state index contributed by atoms with van der Waals surface area (Å²) in [6, 6.07) is 0. The molecule has 0 radical (unpaired) electrons. The number of carbonyl (C=O) groups is 1. The van der Waals surface area contributed by atoms with Gasteiger partial charge in [-0.2, -0.15) is 0 Å². The van der Waals surface area contributed by atoms with E-state index in [4.69, 9.17) is 0 Å². The van der Waals surface area contributed by atoms with Gasteiger partial charge in [-0.05, 0) is 38.5 Å². The summed E-state index contributed by atoms with van der Waals surface area (Å²) in [6.07, 6.45) is 2.50. The van der Waals surface area contributed by atoms with E-state index < -0.39 is 0 Å². The highest BCUT2D eigenvalue weighted by atomic mass is 16.1. The van der Waals surface area contributed by atoms with Gasteiger partial charge in [-0.3, -0.25) is 4.79 Å². The lowest BCUT2D eigenvalue weighted by Crippen LogP contribution is -2.41. The van der Waals surface area contributed by atoms with Gasteiger partial charge in [0, 0.05) is 26.2 Å².